The molecule has 9 heteroatoms. The zero-order valence-electron chi connectivity index (χ0n) is 14.8. The maximum atomic E-state index is 13.2. The van der Waals surface area contributed by atoms with Crippen molar-refractivity contribution >= 4 is 11.9 Å². The fourth-order valence-electron chi connectivity index (χ4n) is 3.50. The molecule has 0 aromatic carbocycles. The van der Waals surface area contributed by atoms with Crippen LogP contribution in [-0.2, 0) is 22.1 Å². The number of ether oxygens (including phenoxy) is 1. The smallest absolute Gasteiger partial charge is 0.383 e. The Morgan fingerprint density at radius 3 is 2.65 bits per heavy atom. The van der Waals surface area contributed by atoms with Crippen molar-refractivity contribution in [2.24, 2.45) is 5.92 Å². The lowest BCUT2D eigenvalue weighted by atomic mass is 10.0. The van der Waals surface area contributed by atoms with Crippen LogP contribution in [0.1, 0.15) is 30.7 Å². The highest BCUT2D eigenvalue weighted by Crippen LogP contribution is 2.31. The molecule has 0 aliphatic carbocycles. The SMILES string of the molecule is COCCN1CC(Cc2cc(C(F)(F)F)nc(N3CCCC3)n2)CC1=O. The van der Waals surface area contributed by atoms with E-state index in [1.807, 2.05) is 0 Å². The predicted octanol–water partition coefficient (Wildman–Crippen LogP) is 2.13. The number of halogens is 3. The van der Waals surface area contributed by atoms with Gasteiger partial charge in [-0.25, -0.2) is 9.97 Å². The van der Waals surface area contributed by atoms with E-state index in [4.69, 9.17) is 4.74 Å². The number of hydrogen-bond donors (Lipinski definition) is 0. The second-order valence-electron chi connectivity index (χ2n) is 6.84. The Morgan fingerprint density at radius 1 is 1.27 bits per heavy atom. The number of alkyl halides is 3. The van der Waals surface area contributed by atoms with Crippen molar-refractivity contribution in [2.75, 3.05) is 44.8 Å². The Morgan fingerprint density at radius 2 is 2.00 bits per heavy atom. The van der Waals surface area contributed by atoms with E-state index in [1.54, 1.807) is 16.9 Å². The van der Waals surface area contributed by atoms with Gasteiger partial charge in [-0.05, 0) is 31.2 Å². The van der Waals surface area contributed by atoms with Gasteiger partial charge in [0, 0.05) is 45.4 Å². The fraction of sp³-hybridized carbons (Fsp3) is 0.706. The van der Waals surface area contributed by atoms with E-state index in [-0.39, 0.29) is 17.8 Å². The van der Waals surface area contributed by atoms with Crippen molar-refractivity contribution in [3.8, 4) is 0 Å². The molecule has 2 aliphatic heterocycles. The van der Waals surface area contributed by atoms with Crippen molar-refractivity contribution in [2.45, 2.75) is 31.9 Å². The minimum absolute atomic E-state index is 0.0110. The van der Waals surface area contributed by atoms with Crippen LogP contribution in [0.4, 0.5) is 19.1 Å². The molecule has 26 heavy (non-hydrogen) atoms. The summed E-state index contributed by atoms with van der Waals surface area (Å²) in [6.45, 7) is 2.82. The third-order valence-corrected chi connectivity index (χ3v) is 4.80. The molecule has 1 atom stereocenters. The van der Waals surface area contributed by atoms with Gasteiger partial charge in [0.05, 0.1) is 6.61 Å². The molecule has 1 aromatic heterocycles. The Labute approximate surface area is 150 Å². The molecule has 1 amide bonds. The van der Waals surface area contributed by atoms with Crippen LogP contribution in [0.5, 0.6) is 0 Å². The van der Waals surface area contributed by atoms with Crippen LogP contribution in [-0.4, -0.2) is 60.7 Å². The lowest BCUT2D eigenvalue weighted by Crippen LogP contribution is -2.29. The van der Waals surface area contributed by atoms with Crippen molar-refractivity contribution in [3.05, 3.63) is 17.5 Å². The molecule has 2 aliphatic rings. The standard InChI is InChI=1S/C17H23F3N4O2/c1-26-7-6-24-11-12(9-15(24)25)8-13-10-14(17(18,19)20)22-16(21-13)23-4-2-3-5-23/h10,12H,2-9,11H2,1H3. The van der Waals surface area contributed by atoms with Gasteiger partial charge in [0.15, 0.2) is 0 Å². The first-order valence-corrected chi connectivity index (χ1v) is 8.83. The van der Waals surface area contributed by atoms with E-state index in [0.29, 0.717) is 51.3 Å². The second-order valence-corrected chi connectivity index (χ2v) is 6.84. The van der Waals surface area contributed by atoms with Gasteiger partial charge >= 0.3 is 6.18 Å². The van der Waals surface area contributed by atoms with Gasteiger partial charge in [-0.2, -0.15) is 13.2 Å². The number of aromatic nitrogens is 2. The van der Waals surface area contributed by atoms with Crippen LogP contribution in [0.15, 0.2) is 6.07 Å². The highest BCUT2D eigenvalue weighted by atomic mass is 19.4. The van der Waals surface area contributed by atoms with Crippen LogP contribution >= 0.6 is 0 Å². The van der Waals surface area contributed by atoms with E-state index in [0.717, 1.165) is 18.9 Å². The monoisotopic (exact) mass is 372 g/mol. The van der Waals surface area contributed by atoms with Crippen LogP contribution in [0.3, 0.4) is 0 Å². The third-order valence-electron chi connectivity index (χ3n) is 4.80. The first kappa shape index (κ1) is 18.9. The number of methoxy groups -OCH3 is 1. The van der Waals surface area contributed by atoms with Crippen LogP contribution in [0.2, 0.25) is 0 Å². The lowest BCUT2D eigenvalue weighted by Gasteiger charge is -2.19. The second kappa shape index (κ2) is 7.77. The number of amides is 1. The molecule has 0 spiro atoms. The Kier molecular flexibility index (Phi) is 5.64. The van der Waals surface area contributed by atoms with Crippen LogP contribution < -0.4 is 4.90 Å². The minimum atomic E-state index is -4.51. The van der Waals surface area contributed by atoms with E-state index < -0.39 is 11.9 Å². The predicted molar refractivity (Wildman–Crippen MR) is 88.7 cm³/mol. The summed E-state index contributed by atoms with van der Waals surface area (Å²) in [6.07, 6.45) is -1.99. The van der Waals surface area contributed by atoms with Crippen molar-refractivity contribution in [1.29, 1.82) is 0 Å². The maximum Gasteiger partial charge on any atom is 0.433 e. The molecule has 144 valence electrons. The van der Waals surface area contributed by atoms with Crippen LogP contribution in [0.25, 0.3) is 0 Å². The summed E-state index contributed by atoms with van der Waals surface area (Å²) in [7, 11) is 1.57. The van der Waals surface area contributed by atoms with E-state index in [9.17, 15) is 18.0 Å². The molecule has 6 nitrogen and oxygen atoms in total. The van der Waals surface area contributed by atoms with Gasteiger partial charge in [-0.3, -0.25) is 4.79 Å². The lowest BCUT2D eigenvalue weighted by molar-refractivity contribution is -0.141. The third kappa shape index (κ3) is 4.44. The highest BCUT2D eigenvalue weighted by Gasteiger charge is 2.35. The maximum absolute atomic E-state index is 13.2. The molecule has 3 rings (SSSR count). The molecule has 0 radical (unpaired) electrons. The quantitative estimate of drug-likeness (QED) is 0.766. The first-order chi connectivity index (χ1) is 12.4. The summed E-state index contributed by atoms with van der Waals surface area (Å²) in [6, 6.07) is 1.02. The van der Waals surface area contributed by atoms with E-state index in [2.05, 4.69) is 9.97 Å². The molecule has 0 saturated carbocycles. The number of carbonyl (C=O) groups is 1. The highest BCUT2D eigenvalue weighted by molar-refractivity contribution is 5.78. The minimum Gasteiger partial charge on any atom is -0.383 e. The summed E-state index contributed by atoms with van der Waals surface area (Å²) >= 11 is 0. The van der Waals surface area contributed by atoms with Crippen molar-refractivity contribution < 1.29 is 22.7 Å². The number of nitrogens with zero attached hydrogens (tertiary/aromatic N) is 4. The first-order valence-electron chi connectivity index (χ1n) is 8.83. The summed E-state index contributed by atoms with van der Waals surface area (Å²) in [5, 5.41) is 0. The average molecular weight is 372 g/mol. The number of likely N-dealkylation sites (tertiary alicyclic amines) is 1. The molecule has 1 unspecified atom stereocenters. The van der Waals surface area contributed by atoms with Gasteiger partial charge < -0.3 is 14.5 Å². The summed E-state index contributed by atoms with van der Waals surface area (Å²) in [4.78, 5) is 23.6. The molecule has 3 heterocycles. The van der Waals surface area contributed by atoms with E-state index in [1.165, 1.54) is 0 Å². The normalized spacial score (nSPS) is 21.1. The largest absolute Gasteiger partial charge is 0.433 e. The fourth-order valence-corrected chi connectivity index (χ4v) is 3.50. The van der Waals surface area contributed by atoms with Gasteiger partial charge in [-0.15, -0.1) is 0 Å². The number of anilines is 1. The number of rotatable bonds is 6. The van der Waals surface area contributed by atoms with Gasteiger partial charge in [0.2, 0.25) is 11.9 Å². The zero-order chi connectivity index (χ0) is 18.7. The molecule has 2 fully saturated rings. The summed E-state index contributed by atoms with van der Waals surface area (Å²) in [5.74, 6) is 0.117. The van der Waals surface area contributed by atoms with Gasteiger partial charge in [-0.1, -0.05) is 0 Å². The molecule has 0 N–H and O–H groups in total. The molecular formula is C17H23F3N4O2. The Balaban J connectivity index is 1.76. The molecule has 0 bridgehead atoms. The average Bonchev–Trinajstić information content (AvgIpc) is 3.22. The Bertz CT molecular complexity index is 647. The van der Waals surface area contributed by atoms with Crippen molar-refractivity contribution in [3.63, 3.8) is 0 Å². The zero-order valence-corrected chi connectivity index (χ0v) is 14.8. The van der Waals surface area contributed by atoms with Gasteiger partial charge in [0.25, 0.3) is 0 Å². The molecule has 2 saturated heterocycles. The number of carbonyl (C=O) groups excluding carboxylic acids is 1. The summed E-state index contributed by atoms with van der Waals surface area (Å²) < 4.78 is 44.7. The Hall–Kier alpha value is -1.90. The molecule has 1 aromatic rings. The topological polar surface area (TPSA) is 58.6 Å². The van der Waals surface area contributed by atoms with Crippen LogP contribution in [0, 0.1) is 5.92 Å². The number of hydrogen-bond acceptors (Lipinski definition) is 5. The van der Waals surface area contributed by atoms with Gasteiger partial charge in [0.1, 0.15) is 5.69 Å². The van der Waals surface area contributed by atoms with E-state index >= 15 is 0 Å². The van der Waals surface area contributed by atoms with Crippen molar-refractivity contribution in [1.82, 2.24) is 14.9 Å². The molecular weight excluding hydrogens is 349 g/mol. The summed E-state index contributed by atoms with van der Waals surface area (Å²) in [5.41, 5.74) is -0.564.